The Morgan fingerprint density at radius 3 is 2.74 bits per heavy atom. The first kappa shape index (κ1) is 26.0. The first-order valence-electron chi connectivity index (χ1n) is 12.1. The van der Waals surface area contributed by atoms with E-state index in [1.165, 1.54) is 58.4 Å². The lowest BCUT2D eigenvalue weighted by Gasteiger charge is -2.51. The Morgan fingerprint density at radius 1 is 1.28 bits per heavy atom. The van der Waals surface area contributed by atoms with Gasteiger partial charge < -0.3 is 9.47 Å². The standard InChI is InChI=1S/C25H21BrN4O7S2/c1-13(31)37-20(16-10-28-17-4-2-3-5-19(17)39-24(28)27-16)25(26)22(33)29-18(12-38-23(25)29)21(32)36-11-14-6-8-15(9-7-14)30(34)35/h6-10,12,20,23H,2-5,11H2,1H3/t20?,23-,25?/m1/s1. The summed E-state index contributed by atoms with van der Waals surface area (Å²) in [5.41, 5.74) is 2.25. The number of amides is 1. The van der Waals surface area contributed by atoms with E-state index >= 15 is 0 Å². The Labute approximate surface area is 238 Å². The summed E-state index contributed by atoms with van der Waals surface area (Å²) in [6.07, 6.45) is 5.06. The molecule has 0 saturated carbocycles. The minimum atomic E-state index is -1.33. The van der Waals surface area contributed by atoms with E-state index < -0.39 is 38.6 Å². The second-order valence-corrected chi connectivity index (χ2v) is 12.7. The molecule has 3 atom stereocenters. The number of hydrogen-bond donors (Lipinski definition) is 0. The maximum Gasteiger partial charge on any atom is 0.355 e. The summed E-state index contributed by atoms with van der Waals surface area (Å²) < 4.78 is 11.8. The summed E-state index contributed by atoms with van der Waals surface area (Å²) in [5, 5.41) is 11.8. The molecule has 39 heavy (non-hydrogen) atoms. The topological polar surface area (TPSA) is 133 Å². The molecule has 0 spiro atoms. The van der Waals surface area contributed by atoms with Gasteiger partial charge in [0.15, 0.2) is 15.4 Å². The molecule has 1 aliphatic carbocycles. The zero-order chi connectivity index (χ0) is 27.5. The van der Waals surface area contributed by atoms with E-state index in [0.29, 0.717) is 11.3 Å². The van der Waals surface area contributed by atoms with Gasteiger partial charge in [0.2, 0.25) is 0 Å². The second kappa shape index (κ2) is 9.75. The molecule has 4 heterocycles. The molecule has 2 unspecified atom stereocenters. The van der Waals surface area contributed by atoms with Crippen LogP contribution in [-0.2, 0) is 43.3 Å². The van der Waals surface area contributed by atoms with Crippen molar-refractivity contribution in [1.29, 1.82) is 0 Å². The molecule has 202 valence electrons. The molecule has 2 aromatic heterocycles. The molecule has 14 heteroatoms. The second-order valence-electron chi connectivity index (χ2n) is 9.42. The molecule has 0 bridgehead atoms. The summed E-state index contributed by atoms with van der Waals surface area (Å²) >= 11 is 6.45. The fourth-order valence-corrected chi connectivity index (χ4v) is 8.53. The average molecular weight is 634 g/mol. The van der Waals surface area contributed by atoms with E-state index in [9.17, 15) is 24.5 Å². The predicted molar refractivity (Wildman–Crippen MR) is 145 cm³/mol. The maximum atomic E-state index is 13.6. The molecule has 3 aliphatic rings. The Bertz CT molecular complexity index is 1570. The number of carbonyl (C=O) groups is 3. The summed E-state index contributed by atoms with van der Waals surface area (Å²) in [6, 6.07) is 5.65. The van der Waals surface area contributed by atoms with Crippen LogP contribution in [0.3, 0.4) is 0 Å². The lowest BCUT2D eigenvalue weighted by Crippen LogP contribution is -2.70. The number of non-ortho nitro benzene ring substituents is 1. The van der Waals surface area contributed by atoms with Crippen LogP contribution in [0.15, 0.2) is 41.6 Å². The number of carbonyl (C=O) groups excluding carboxylic acids is 3. The molecule has 6 rings (SSSR count). The van der Waals surface area contributed by atoms with Gasteiger partial charge in [-0.15, -0.1) is 23.1 Å². The van der Waals surface area contributed by atoms with E-state index in [0.717, 1.165) is 30.6 Å². The maximum absolute atomic E-state index is 13.6. The van der Waals surface area contributed by atoms with Crippen LogP contribution in [-0.4, -0.2) is 46.8 Å². The van der Waals surface area contributed by atoms with Gasteiger partial charge in [-0.3, -0.25) is 29.0 Å². The van der Waals surface area contributed by atoms with E-state index in [1.807, 2.05) is 10.6 Å². The highest BCUT2D eigenvalue weighted by Crippen LogP contribution is 2.58. The number of alkyl halides is 1. The fourth-order valence-electron chi connectivity index (χ4n) is 5.06. The van der Waals surface area contributed by atoms with Crippen LogP contribution in [0.4, 0.5) is 5.69 Å². The van der Waals surface area contributed by atoms with E-state index in [4.69, 9.17) is 14.5 Å². The highest BCUT2D eigenvalue weighted by molar-refractivity contribution is 9.10. The van der Waals surface area contributed by atoms with Crippen molar-refractivity contribution in [1.82, 2.24) is 14.3 Å². The summed E-state index contributed by atoms with van der Waals surface area (Å²) in [4.78, 5) is 57.0. The van der Waals surface area contributed by atoms with Crippen molar-refractivity contribution in [3.63, 3.8) is 0 Å². The summed E-state index contributed by atoms with van der Waals surface area (Å²) in [6.45, 7) is 1.17. The minimum Gasteiger partial charge on any atom is -0.456 e. The number of rotatable bonds is 7. The third kappa shape index (κ3) is 4.25. The van der Waals surface area contributed by atoms with Gasteiger partial charge in [0.1, 0.15) is 23.4 Å². The van der Waals surface area contributed by atoms with Crippen LogP contribution < -0.4 is 0 Å². The molecule has 2 aliphatic heterocycles. The first-order chi connectivity index (χ1) is 18.7. The quantitative estimate of drug-likeness (QED) is 0.122. The van der Waals surface area contributed by atoms with E-state index in [2.05, 4.69) is 15.9 Å². The van der Waals surface area contributed by atoms with Crippen molar-refractivity contribution in [2.45, 2.75) is 55.0 Å². The number of thioether (sulfide) groups is 1. The molecule has 1 saturated heterocycles. The molecule has 0 radical (unpaired) electrons. The van der Waals surface area contributed by atoms with Crippen molar-refractivity contribution in [2.24, 2.45) is 0 Å². The summed E-state index contributed by atoms with van der Waals surface area (Å²) in [5.74, 6) is -1.70. The largest absolute Gasteiger partial charge is 0.456 e. The fraction of sp³-hybridized carbons (Fsp3) is 0.360. The van der Waals surface area contributed by atoms with Crippen LogP contribution in [0.1, 0.15) is 47.7 Å². The number of nitro groups is 1. The number of aryl methyl sites for hydroxylation is 2. The normalized spacial score (nSPS) is 22.5. The number of aromatic nitrogens is 2. The lowest BCUT2D eigenvalue weighted by atomic mass is 9.89. The van der Waals surface area contributed by atoms with Crippen molar-refractivity contribution < 1.29 is 28.8 Å². The number of imidazole rings is 1. The Morgan fingerprint density at radius 2 is 2.03 bits per heavy atom. The molecule has 11 nitrogen and oxygen atoms in total. The lowest BCUT2D eigenvalue weighted by molar-refractivity contribution is -0.384. The van der Waals surface area contributed by atoms with Crippen LogP contribution in [0.25, 0.3) is 4.96 Å². The number of ether oxygens (including phenoxy) is 2. The monoisotopic (exact) mass is 632 g/mol. The smallest absolute Gasteiger partial charge is 0.355 e. The van der Waals surface area contributed by atoms with Gasteiger partial charge in [0.05, 0.1) is 4.92 Å². The number of nitrogens with zero attached hydrogens (tertiary/aromatic N) is 4. The number of fused-ring (bicyclic) bond motifs is 4. The number of nitro benzene ring substituents is 1. The van der Waals surface area contributed by atoms with Gasteiger partial charge in [-0.1, -0.05) is 15.9 Å². The summed E-state index contributed by atoms with van der Waals surface area (Å²) in [7, 11) is 0. The zero-order valence-electron chi connectivity index (χ0n) is 20.5. The van der Waals surface area contributed by atoms with Crippen LogP contribution >= 0.6 is 39.0 Å². The number of benzene rings is 1. The van der Waals surface area contributed by atoms with Gasteiger partial charge in [0, 0.05) is 41.2 Å². The predicted octanol–water partition coefficient (Wildman–Crippen LogP) is 4.42. The molecule has 0 N–H and O–H groups in total. The van der Waals surface area contributed by atoms with Gasteiger partial charge in [-0.05, 0) is 43.4 Å². The number of thiazole rings is 1. The van der Waals surface area contributed by atoms with E-state index in [1.54, 1.807) is 16.7 Å². The van der Waals surface area contributed by atoms with Gasteiger partial charge >= 0.3 is 11.9 Å². The average Bonchev–Trinajstić information content (AvgIpc) is 3.62. The van der Waals surface area contributed by atoms with Crippen molar-refractivity contribution in [3.8, 4) is 0 Å². The van der Waals surface area contributed by atoms with Crippen LogP contribution in [0.5, 0.6) is 0 Å². The molecule has 1 aromatic carbocycles. The highest BCUT2D eigenvalue weighted by Gasteiger charge is 2.69. The Kier molecular flexibility index (Phi) is 6.50. The van der Waals surface area contributed by atoms with Gasteiger partial charge in [-0.2, -0.15) is 0 Å². The number of hydrogen-bond acceptors (Lipinski definition) is 10. The number of halogens is 1. The molecular formula is C25H21BrN4O7S2. The van der Waals surface area contributed by atoms with Crippen molar-refractivity contribution >= 4 is 67.5 Å². The molecule has 1 amide bonds. The third-order valence-corrected chi connectivity index (χ3v) is 10.8. The highest BCUT2D eigenvalue weighted by atomic mass is 79.9. The molecule has 3 aromatic rings. The van der Waals surface area contributed by atoms with Crippen LogP contribution in [0, 0.1) is 10.1 Å². The van der Waals surface area contributed by atoms with Crippen molar-refractivity contribution in [2.75, 3.05) is 0 Å². The third-order valence-electron chi connectivity index (χ3n) is 6.96. The Hall–Kier alpha value is -3.23. The zero-order valence-corrected chi connectivity index (χ0v) is 23.7. The number of β-lactam (4-membered cyclic amide) rings is 1. The molecular weight excluding hydrogens is 612 g/mol. The number of esters is 2. The molecule has 1 fully saturated rings. The Balaban J connectivity index is 1.20. The van der Waals surface area contributed by atoms with Crippen molar-refractivity contribution in [3.05, 3.63) is 73.5 Å². The SMILES string of the molecule is CC(=O)OC(c1cn2c3c(sc2n1)CCCC3)C1(Br)C(=O)N2C(C(=O)OCc3ccc([N+](=O)[O-])cc3)=CS[C@@H]21. The minimum absolute atomic E-state index is 0.0672. The first-order valence-corrected chi connectivity index (χ1v) is 14.7. The van der Waals surface area contributed by atoms with Crippen LogP contribution in [0.2, 0.25) is 0 Å². The van der Waals surface area contributed by atoms with Gasteiger partial charge in [0.25, 0.3) is 11.6 Å². The van der Waals surface area contributed by atoms with E-state index in [-0.39, 0.29) is 18.0 Å². The van der Waals surface area contributed by atoms with Gasteiger partial charge in [-0.25, -0.2) is 9.78 Å².